The highest BCUT2D eigenvalue weighted by atomic mass is 32.2. The predicted octanol–water partition coefficient (Wildman–Crippen LogP) is 0.199. The predicted molar refractivity (Wildman–Crippen MR) is 81.5 cm³/mol. The number of aromatic amines is 1. The van der Waals surface area contributed by atoms with Gasteiger partial charge in [-0.1, -0.05) is 13.8 Å². The zero-order valence-corrected chi connectivity index (χ0v) is 13.9. The fourth-order valence-electron chi connectivity index (χ4n) is 2.47. The minimum atomic E-state index is -3.58. The molecule has 1 fully saturated rings. The first-order valence-electron chi connectivity index (χ1n) is 7.27. The average Bonchev–Trinajstić information content (AvgIpc) is 2.93. The number of sulfonamides is 1. The lowest BCUT2D eigenvalue weighted by atomic mass is 10.2. The molecule has 1 aliphatic heterocycles. The molecule has 2 heterocycles. The molecular weight excluding hydrogens is 290 g/mol. The maximum atomic E-state index is 12.5. The second-order valence-electron chi connectivity index (χ2n) is 6.04. The zero-order chi connectivity index (χ0) is 15.6. The number of aryl methyl sites for hydroxylation is 1. The summed E-state index contributed by atoms with van der Waals surface area (Å²) in [5.74, 6) is 0. The number of rotatable bonds is 6. The summed E-state index contributed by atoms with van der Waals surface area (Å²) in [5, 5.41) is 10.1. The number of nitrogens with one attached hydrogen (secondary N) is 3. The minimum Gasteiger partial charge on any atom is -0.310 e. The summed E-state index contributed by atoms with van der Waals surface area (Å²) >= 11 is 0. The highest BCUT2D eigenvalue weighted by molar-refractivity contribution is 7.89. The third-order valence-corrected chi connectivity index (χ3v) is 5.18. The first kappa shape index (κ1) is 16.4. The standard InChI is InChI=1S/C13H25N5O2S/c1-9(2)14-7-12-10(3)15-16-13(12)21(19,20)17-11-5-6-18(4)8-11/h9,11,14,17H,5-8H2,1-4H3,(H,15,16). The molecule has 120 valence electrons. The number of H-pyrrole nitrogens is 1. The fraction of sp³-hybridized carbons (Fsp3) is 0.769. The van der Waals surface area contributed by atoms with Crippen molar-refractivity contribution in [2.45, 2.75) is 50.8 Å². The first-order chi connectivity index (χ1) is 9.79. The second-order valence-corrected chi connectivity index (χ2v) is 7.67. The minimum absolute atomic E-state index is 0.0390. The number of hydrogen-bond acceptors (Lipinski definition) is 5. The van der Waals surface area contributed by atoms with Crippen LogP contribution in [0.25, 0.3) is 0 Å². The molecule has 21 heavy (non-hydrogen) atoms. The summed E-state index contributed by atoms with van der Waals surface area (Å²) in [6.07, 6.45) is 0.832. The van der Waals surface area contributed by atoms with Gasteiger partial charge in [-0.25, -0.2) is 13.1 Å². The van der Waals surface area contributed by atoms with Gasteiger partial charge in [0.2, 0.25) is 0 Å². The number of likely N-dealkylation sites (N-methyl/N-ethyl adjacent to an activating group) is 1. The molecule has 0 saturated carbocycles. The van der Waals surface area contributed by atoms with Crippen molar-refractivity contribution in [2.24, 2.45) is 0 Å². The topological polar surface area (TPSA) is 90.1 Å². The molecule has 0 aromatic carbocycles. The zero-order valence-electron chi connectivity index (χ0n) is 13.1. The molecule has 0 amide bonds. The summed E-state index contributed by atoms with van der Waals surface area (Å²) in [6, 6.07) is 0.245. The van der Waals surface area contributed by atoms with Gasteiger partial charge in [-0.3, -0.25) is 5.10 Å². The van der Waals surface area contributed by atoms with E-state index in [9.17, 15) is 8.42 Å². The summed E-state index contributed by atoms with van der Waals surface area (Å²) in [4.78, 5) is 2.12. The molecule has 1 aliphatic rings. The van der Waals surface area contributed by atoms with Crippen molar-refractivity contribution in [1.82, 2.24) is 25.1 Å². The van der Waals surface area contributed by atoms with E-state index in [1.807, 2.05) is 27.8 Å². The Bertz CT molecular complexity index is 581. The average molecular weight is 315 g/mol. The highest BCUT2D eigenvalue weighted by Crippen LogP contribution is 2.18. The Morgan fingerprint density at radius 2 is 2.19 bits per heavy atom. The molecule has 1 saturated heterocycles. The van der Waals surface area contributed by atoms with Gasteiger partial charge in [0.15, 0.2) is 5.03 Å². The number of likely N-dealkylation sites (tertiary alicyclic amines) is 1. The van der Waals surface area contributed by atoms with Crippen LogP contribution in [0.4, 0.5) is 0 Å². The van der Waals surface area contributed by atoms with E-state index in [1.54, 1.807) is 0 Å². The molecule has 7 nitrogen and oxygen atoms in total. The first-order valence-corrected chi connectivity index (χ1v) is 8.76. The Balaban J connectivity index is 2.16. The summed E-state index contributed by atoms with van der Waals surface area (Å²) < 4.78 is 27.8. The van der Waals surface area contributed by atoms with Gasteiger partial charge in [0.1, 0.15) is 0 Å². The number of aromatic nitrogens is 2. The summed E-state index contributed by atoms with van der Waals surface area (Å²) in [5.41, 5.74) is 1.50. The fourth-order valence-corrected chi connectivity index (χ4v) is 3.93. The van der Waals surface area contributed by atoms with Crippen molar-refractivity contribution in [2.75, 3.05) is 20.1 Å². The van der Waals surface area contributed by atoms with E-state index in [-0.39, 0.29) is 17.1 Å². The van der Waals surface area contributed by atoms with Gasteiger partial charge in [0.25, 0.3) is 10.0 Å². The van der Waals surface area contributed by atoms with Gasteiger partial charge >= 0.3 is 0 Å². The van der Waals surface area contributed by atoms with Crippen molar-refractivity contribution in [3.05, 3.63) is 11.3 Å². The lowest BCUT2D eigenvalue weighted by Crippen LogP contribution is -2.37. The second kappa shape index (κ2) is 6.43. The Hall–Kier alpha value is -0.960. The lowest BCUT2D eigenvalue weighted by molar-refractivity contribution is 0.407. The molecule has 1 aromatic heterocycles. The maximum absolute atomic E-state index is 12.5. The van der Waals surface area contributed by atoms with Crippen LogP contribution in [0.5, 0.6) is 0 Å². The molecule has 0 bridgehead atoms. The third kappa shape index (κ3) is 4.03. The molecule has 1 atom stereocenters. The molecule has 2 rings (SSSR count). The normalized spacial score (nSPS) is 20.5. The van der Waals surface area contributed by atoms with Gasteiger partial charge in [-0.2, -0.15) is 5.10 Å². The van der Waals surface area contributed by atoms with Crippen LogP contribution in [0.2, 0.25) is 0 Å². The van der Waals surface area contributed by atoms with Crippen molar-refractivity contribution in [3.8, 4) is 0 Å². The molecule has 0 radical (unpaired) electrons. The smallest absolute Gasteiger partial charge is 0.260 e. The summed E-state index contributed by atoms with van der Waals surface area (Å²) in [7, 11) is -1.59. The maximum Gasteiger partial charge on any atom is 0.260 e. The molecule has 1 unspecified atom stereocenters. The third-order valence-electron chi connectivity index (χ3n) is 3.69. The van der Waals surface area contributed by atoms with Crippen LogP contribution in [-0.2, 0) is 16.6 Å². The van der Waals surface area contributed by atoms with E-state index >= 15 is 0 Å². The SMILES string of the molecule is Cc1[nH]nc(S(=O)(=O)NC2CCN(C)C2)c1CNC(C)C. The number of hydrogen-bond donors (Lipinski definition) is 3. The molecular formula is C13H25N5O2S. The number of nitrogens with zero attached hydrogens (tertiary/aromatic N) is 2. The Morgan fingerprint density at radius 3 is 2.76 bits per heavy atom. The van der Waals surface area contributed by atoms with E-state index in [4.69, 9.17) is 0 Å². The van der Waals surface area contributed by atoms with E-state index in [1.165, 1.54) is 0 Å². The largest absolute Gasteiger partial charge is 0.310 e. The van der Waals surface area contributed by atoms with E-state index in [0.717, 1.165) is 25.2 Å². The van der Waals surface area contributed by atoms with Crippen LogP contribution >= 0.6 is 0 Å². The van der Waals surface area contributed by atoms with E-state index in [0.29, 0.717) is 12.1 Å². The van der Waals surface area contributed by atoms with Gasteiger partial charge in [0, 0.05) is 36.4 Å². The molecule has 1 aromatic rings. The van der Waals surface area contributed by atoms with Crippen molar-refractivity contribution < 1.29 is 8.42 Å². The Labute approximate surface area is 126 Å². The van der Waals surface area contributed by atoms with Crippen LogP contribution in [0.1, 0.15) is 31.5 Å². The van der Waals surface area contributed by atoms with Crippen LogP contribution in [0, 0.1) is 6.92 Å². The monoisotopic (exact) mass is 315 g/mol. The highest BCUT2D eigenvalue weighted by Gasteiger charge is 2.29. The molecule has 3 N–H and O–H groups in total. The van der Waals surface area contributed by atoms with Crippen LogP contribution < -0.4 is 10.0 Å². The molecule has 0 spiro atoms. The Kier molecular flexibility index (Phi) is 5.03. The Morgan fingerprint density at radius 1 is 1.48 bits per heavy atom. The summed E-state index contributed by atoms with van der Waals surface area (Å²) in [6.45, 7) is 8.02. The van der Waals surface area contributed by atoms with Crippen LogP contribution in [0.15, 0.2) is 5.03 Å². The van der Waals surface area contributed by atoms with Crippen molar-refractivity contribution >= 4 is 10.0 Å². The van der Waals surface area contributed by atoms with Crippen molar-refractivity contribution in [1.29, 1.82) is 0 Å². The van der Waals surface area contributed by atoms with Gasteiger partial charge < -0.3 is 10.2 Å². The van der Waals surface area contributed by atoms with E-state index in [2.05, 4.69) is 25.1 Å². The van der Waals surface area contributed by atoms with Gasteiger partial charge in [-0.05, 0) is 26.9 Å². The van der Waals surface area contributed by atoms with Crippen molar-refractivity contribution in [3.63, 3.8) is 0 Å². The van der Waals surface area contributed by atoms with Gasteiger partial charge in [0.05, 0.1) is 0 Å². The van der Waals surface area contributed by atoms with Crippen LogP contribution in [0.3, 0.4) is 0 Å². The van der Waals surface area contributed by atoms with Crippen LogP contribution in [-0.4, -0.2) is 55.7 Å². The van der Waals surface area contributed by atoms with E-state index < -0.39 is 10.0 Å². The lowest BCUT2D eigenvalue weighted by Gasteiger charge is -2.14. The quantitative estimate of drug-likeness (QED) is 0.698. The molecule has 0 aliphatic carbocycles. The molecule has 8 heteroatoms. The van der Waals surface area contributed by atoms with Gasteiger partial charge in [-0.15, -0.1) is 0 Å².